The van der Waals surface area contributed by atoms with E-state index in [4.69, 9.17) is 5.73 Å². The molecular formula is C12H12N6O. The second-order valence-corrected chi connectivity index (χ2v) is 3.57. The fraction of sp³-hybridized carbons (Fsp3) is 0. The Balaban J connectivity index is 2.15. The van der Waals surface area contributed by atoms with Crippen molar-refractivity contribution in [3.63, 3.8) is 0 Å². The standard InChI is InChI=1S/C12H12N6O/c1-2-10(19)16-8-4-3-5-9(6-8)17-12-15-7-14-11(13)18-12/h2-7H,1H2,(H,16,19)(H3,13,14,15,17,18). The molecule has 1 aromatic heterocycles. The van der Waals surface area contributed by atoms with E-state index in [9.17, 15) is 4.79 Å². The van der Waals surface area contributed by atoms with Crippen LogP contribution in [-0.4, -0.2) is 20.9 Å². The van der Waals surface area contributed by atoms with Crippen molar-refractivity contribution in [1.29, 1.82) is 0 Å². The Morgan fingerprint density at radius 3 is 2.84 bits per heavy atom. The molecule has 1 heterocycles. The number of aromatic nitrogens is 3. The molecule has 7 nitrogen and oxygen atoms in total. The number of nitrogens with two attached hydrogens (primary N) is 1. The third kappa shape index (κ3) is 3.50. The second kappa shape index (κ2) is 5.58. The fourth-order valence-corrected chi connectivity index (χ4v) is 1.37. The SMILES string of the molecule is C=CC(=O)Nc1cccc(Nc2ncnc(N)n2)c1. The van der Waals surface area contributed by atoms with E-state index >= 15 is 0 Å². The summed E-state index contributed by atoms with van der Waals surface area (Å²) in [6.45, 7) is 3.39. The molecule has 2 rings (SSSR count). The van der Waals surface area contributed by atoms with E-state index in [1.807, 2.05) is 6.07 Å². The van der Waals surface area contributed by atoms with Gasteiger partial charge in [-0.25, -0.2) is 9.97 Å². The molecule has 0 radical (unpaired) electrons. The van der Waals surface area contributed by atoms with Gasteiger partial charge in [0.2, 0.25) is 17.8 Å². The lowest BCUT2D eigenvalue weighted by molar-refractivity contribution is -0.111. The third-order valence-corrected chi connectivity index (χ3v) is 2.16. The number of rotatable bonds is 4. The van der Waals surface area contributed by atoms with Crippen LogP contribution in [0.2, 0.25) is 0 Å². The Bertz CT molecular complexity index is 613. The molecule has 0 unspecified atom stereocenters. The maximum atomic E-state index is 11.2. The molecule has 0 aliphatic carbocycles. The van der Waals surface area contributed by atoms with Crippen molar-refractivity contribution in [2.45, 2.75) is 0 Å². The minimum atomic E-state index is -0.276. The number of amides is 1. The Morgan fingerprint density at radius 2 is 2.11 bits per heavy atom. The van der Waals surface area contributed by atoms with Gasteiger partial charge in [0.1, 0.15) is 6.33 Å². The predicted octanol–water partition coefficient (Wildman–Crippen LogP) is 1.32. The Labute approximate surface area is 109 Å². The summed E-state index contributed by atoms with van der Waals surface area (Å²) >= 11 is 0. The van der Waals surface area contributed by atoms with Crippen LogP contribution in [0.15, 0.2) is 43.2 Å². The van der Waals surface area contributed by atoms with Crippen molar-refractivity contribution < 1.29 is 4.79 Å². The molecule has 0 aliphatic heterocycles. The monoisotopic (exact) mass is 256 g/mol. The maximum Gasteiger partial charge on any atom is 0.247 e. The predicted molar refractivity (Wildman–Crippen MR) is 72.8 cm³/mol. The summed E-state index contributed by atoms with van der Waals surface area (Å²) < 4.78 is 0. The number of benzene rings is 1. The molecule has 0 saturated carbocycles. The molecular weight excluding hydrogens is 244 g/mol. The molecule has 96 valence electrons. The molecule has 0 spiro atoms. The molecule has 1 amide bonds. The number of carbonyl (C=O) groups is 1. The number of hydrogen-bond acceptors (Lipinski definition) is 6. The van der Waals surface area contributed by atoms with Gasteiger partial charge in [-0.2, -0.15) is 4.98 Å². The zero-order chi connectivity index (χ0) is 13.7. The minimum absolute atomic E-state index is 0.133. The van der Waals surface area contributed by atoms with E-state index in [0.717, 1.165) is 0 Å². The van der Waals surface area contributed by atoms with E-state index in [-0.39, 0.29) is 11.9 Å². The topological polar surface area (TPSA) is 106 Å². The number of anilines is 4. The lowest BCUT2D eigenvalue weighted by atomic mass is 10.2. The van der Waals surface area contributed by atoms with Crippen LogP contribution < -0.4 is 16.4 Å². The molecule has 2 aromatic rings. The highest BCUT2D eigenvalue weighted by Crippen LogP contribution is 2.17. The average Bonchev–Trinajstić information content (AvgIpc) is 2.39. The first-order chi connectivity index (χ1) is 9.17. The smallest absolute Gasteiger partial charge is 0.247 e. The molecule has 0 fully saturated rings. The van der Waals surface area contributed by atoms with Crippen LogP contribution in [-0.2, 0) is 4.79 Å². The van der Waals surface area contributed by atoms with Gasteiger partial charge in [0, 0.05) is 11.4 Å². The molecule has 0 aliphatic rings. The summed E-state index contributed by atoms with van der Waals surface area (Å²) in [7, 11) is 0. The first-order valence-corrected chi connectivity index (χ1v) is 5.42. The number of nitrogens with zero attached hydrogens (tertiary/aromatic N) is 3. The highest BCUT2D eigenvalue weighted by Gasteiger charge is 2.01. The highest BCUT2D eigenvalue weighted by atomic mass is 16.1. The van der Waals surface area contributed by atoms with E-state index in [1.54, 1.807) is 18.2 Å². The Kier molecular flexibility index (Phi) is 3.67. The van der Waals surface area contributed by atoms with Gasteiger partial charge >= 0.3 is 0 Å². The molecule has 19 heavy (non-hydrogen) atoms. The molecule has 0 atom stereocenters. The summed E-state index contributed by atoms with van der Waals surface area (Å²) in [4.78, 5) is 22.7. The lowest BCUT2D eigenvalue weighted by Gasteiger charge is -2.07. The highest BCUT2D eigenvalue weighted by molar-refractivity contribution is 5.99. The van der Waals surface area contributed by atoms with Crippen molar-refractivity contribution in [3.05, 3.63) is 43.2 Å². The first-order valence-electron chi connectivity index (χ1n) is 5.42. The van der Waals surface area contributed by atoms with Gasteiger partial charge in [0.15, 0.2) is 0 Å². The summed E-state index contributed by atoms with van der Waals surface area (Å²) in [6.07, 6.45) is 2.51. The van der Waals surface area contributed by atoms with Gasteiger partial charge in [-0.3, -0.25) is 4.79 Å². The van der Waals surface area contributed by atoms with Gasteiger partial charge < -0.3 is 16.4 Å². The lowest BCUT2D eigenvalue weighted by Crippen LogP contribution is -2.07. The minimum Gasteiger partial charge on any atom is -0.368 e. The van der Waals surface area contributed by atoms with Crippen LogP contribution in [0.4, 0.5) is 23.3 Å². The largest absolute Gasteiger partial charge is 0.368 e. The molecule has 0 saturated heterocycles. The molecule has 1 aromatic carbocycles. The number of hydrogen-bond donors (Lipinski definition) is 3. The quantitative estimate of drug-likeness (QED) is 0.712. The van der Waals surface area contributed by atoms with Crippen LogP contribution in [0.25, 0.3) is 0 Å². The maximum absolute atomic E-state index is 11.2. The van der Waals surface area contributed by atoms with E-state index < -0.39 is 0 Å². The van der Waals surface area contributed by atoms with Crippen LogP contribution in [0.1, 0.15) is 0 Å². The van der Waals surface area contributed by atoms with Crippen molar-refractivity contribution in [2.24, 2.45) is 0 Å². The van der Waals surface area contributed by atoms with Gasteiger partial charge in [0.05, 0.1) is 0 Å². The summed E-state index contributed by atoms with van der Waals surface area (Å²) in [5.74, 6) is 0.190. The normalized spacial score (nSPS) is 9.68. The fourth-order valence-electron chi connectivity index (χ4n) is 1.37. The van der Waals surface area contributed by atoms with Gasteiger partial charge in [-0.1, -0.05) is 12.6 Å². The van der Waals surface area contributed by atoms with Crippen LogP contribution >= 0.6 is 0 Å². The zero-order valence-corrected chi connectivity index (χ0v) is 10.00. The van der Waals surface area contributed by atoms with Crippen LogP contribution in [0, 0.1) is 0 Å². The van der Waals surface area contributed by atoms with Gasteiger partial charge in [-0.05, 0) is 24.3 Å². The number of carbonyl (C=O) groups excluding carboxylic acids is 1. The van der Waals surface area contributed by atoms with Crippen molar-refractivity contribution in [1.82, 2.24) is 15.0 Å². The van der Waals surface area contributed by atoms with Gasteiger partial charge in [0.25, 0.3) is 0 Å². The Hall–Kier alpha value is -2.96. The third-order valence-electron chi connectivity index (χ3n) is 2.16. The summed E-state index contributed by atoms with van der Waals surface area (Å²) in [6, 6.07) is 7.09. The van der Waals surface area contributed by atoms with Crippen molar-refractivity contribution in [3.8, 4) is 0 Å². The van der Waals surface area contributed by atoms with E-state index in [1.165, 1.54) is 12.4 Å². The zero-order valence-electron chi connectivity index (χ0n) is 10.00. The van der Waals surface area contributed by atoms with Gasteiger partial charge in [-0.15, -0.1) is 0 Å². The van der Waals surface area contributed by atoms with E-state index in [2.05, 4.69) is 32.2 Å². The summed E-state index contributed by atoms with van der Waals surface area (Å²) in [5, 5.41) is 5.61. The van der Waals surface area contributed by atoms with Crippen molar-refractivity contribution >= 4 is 29.2 Å². The van der Waals surface area contributed by atoms with Crippen molar-refractivity contribution in [2.75, 3.05) is 16.4 Å². The molecule has 7 heteroatoms. The Morgan fingerprint density at radius 1 is 1.32 bits per heavy atom. The first kappa shape index (κ1) is 12.5. The van der Waals surface area contributed by atoms with Crippen LogP contribution in [0.5, 0.6) is 0 Å². The number of nitrogens with one attached hydrogen (secondary N) is 2. The molecule has 4 N–H and O–H groups in total. The molecule has 0 bridgehead atoms. The van der Waals surface area contributed by atoms with Crippen LogP contribution in [0.3, 0.4) is 0 Å². The summed E-state index contributed by atoms with van der Waals surface area (Å²) in [5.41, 5.74) is 6.81. The average molecular weight is 256 g/mol. The van der Waals surface area contributed by atoms with E-state index in [0.29, 0.717) is 17.3 Å². The second-order valence-electron chi connectivity index (χ2n) is 3.57. The number of nitrogen functional groups attached to an aromatic ring is 1.